The topological polar surface area (TPSA) is 59.9 Å². The summed E-state index contributed by atoms with van der Waals surface area (Å²) in [6.45, 7) is 4.91. The highest BCUT2D eigenvalue weighted by Gasteiger charge is 2.08. The molecule has 1 N–H and O–H groups in total. The number of nitrogens with zero attached hydrogens (tertiary/aromatic N) is 1. The van der Waals surface area contributed by atoms with Crippen molar-refractivity contribution in [1.29, 1.82) is 0 Å². The van der Waals surface area contributed by atoms with Crippen LogP contribution in [0.1, 0.15) is 29.8 Å². The summed E-state index contributed by atoms with van der Waals surface area (Å²) in [6.07, 6.45) is 1.52. The highest BCUT2D eigenvalue weighted by molar-refractivity contribution is 6.33. The van der Waals surface area contributed by atoms with E-state index in [-0.39, 0.29) is 5.91 Å². The number of benzene rings is 2. The fourth-order valence-electron chi connectivity index (χ4n) is 2.02. The molecular weight excluding hydrogens is 328 g/mol. The van der Waals surface area contributed by atoms with Gasteiger partial charge in [0.2, 0.25) is 0 Å². The third kappa shape index (κ3) is 4.73. The number of carbonyl (C=O) groups is 1. The van der Waals surface area contributed by atoms with E-state index in [9.17, 15) is 4.79 Å². The molecule has 0 atom stereocenters. The summed E-state index contributed by atoms with van der Waals surface area (Å²) in [4.78, 5) is 12.0. The van der Waals surface area contributed by atoms with E-state index in [1.165, 1.54) is 6.21 Å². The monoisotopic (exact) mass is 346 g/mol. The smallest absolute Gasteiger partial charge is 0.272 e. The van der Waals surface area contributed by atoms with Crippen LogP contribution in [0.2, 0.25) is 5.02 Å². The molecule has 0 heterocycles. The van der Waals surface area contributed by atoms with Gasteiger partial charge in [0.15, 0.2) is 0 Å². The van der Waals surface area contributed by atoms with Crippen molar-refractivity contribution in [3.63, 3.8) is 0 Å². The van der Waals surface area contributed by atoms with Crippen molar-refractivity contribution in [2.24, 2.45) is 5.10 Å². The Morgan fingerprint density at radius 1 is 1.17 bits per heavy atom. The lowest BCUT2D eigenvalue weighted by atomic mass is 10.2. The van der Waals surface area contributed by atoms with Gasteiger partial charge in [0.05, 0.1) is 30.0 Å². The zero-order valence-electron chi connectivity index (χ0n) is 13.6. The maximum absolute atomic E-state index is 12.0. The van der Waals surface area contributed by atoms with Gasteiger partial charge in [-0.15, -0.1) is 0 Å². The predicted octanol–water partition coefficient (Wildman–Crippen LogP) is 3.90. The van der Waals surface area contributed by atoms with E-state index >= 15 is 0 Å². The minimum Gasteiger partial charge on any atom is -0.494 e. The van der Waals surface area contributed by atoms with E-state index in [0.29, 0.717) is 29.5 Å². The highest BCUT2D eigenvalue weighted by atomic mass is 35.5. The number of amides is 1. The molecule has 0 unspecified atom stereocenters. The van der Waals surface area contributed by atoms with Crippen molar-refractivity contribution in [2.45, 2.75) is 13.8 Å². The normalized spacial score (nSPS) is 10.6. The number of hydrogen-bond donors (Lipinski definition) is 1. The Bertz CT molecular complexity index is 732. The van der Waals surface area contributed by atoms with Crippen molar-refractivity contribution in [1.82, 2.24) is 5.43 Å². The van der Waals surface area contributed by atoms with Crippen molar-refractivity contribution in [2.75, 3.05) is 13.2 Å². The summed E-state index contributed by atoms with van der Waals surface area (Å²) in [5.41, 5.74) is 3.56. The number of hydrazone groups is 1. The molecule has 0 radical (unpaired) electrons. The summed E-state index contributed by atoms with van der Waals surface area (Å²) in [5, 5.41) is 4.35. The fourth-order valence-corrected chi connectivity index (χ4v) is 2.25. The minimum atomic E-state index is -0.374. The molecule has 2 aromatic carbocycles. The predicted molar refractivity (Wildman–Crippen MR) is 95.3 cm³/mol. The Hall–Kier alpha value is -2.53. The molecule has 126 valence electrons. The van der Waals surface area contributed by atoms with Gasteiger partial charge in [-0.3, -0.25) is 4.79 Å². The van der Waals surface area contributed by atoms with E-state index in [0.717, 1.165) is 11.3 Å². The van der Waals surface area contributed by atoms with E-state index in [1.807, 2.05) is 26.0 Å². The second-order valence-electron chi connectivity index (χ2n) is 4.74. The molecule has 2 rings (SSSR count). The third-order valence-electron chi connectivity index (χ3n) is 3.08. The Morgan fingerprint density at radius 2 is 1.92 bits per heavy atom. The van der Waals surface area contributed by atoms with Crippen molar-refractivity contribution < 1.29 is 14.3 Å². The highest BCUT2D eigenvalue weighted by Crippen LogP contribution is 2.24. The van der Waals surface area contributed by atoms with E-state index in [1.54, 1.807) is 30.3 Å². The van der Waals surface area contributed by atoms with Gasteiger partial charge in [0, 0.05) is 11.6 Å². The molecule has 5 nitrogen and oxygen atoms in total. The van der Waals surface area contributed by atoms with E-state index in [2.05, 4.69) is 10.5 Å². The molecule has 24 heavy (non-hydrogen) atoms. The lowest BCUT2D eigenvalue weighted by Gasteiger charge is -2.10. The summed E-state index contributed by atoms with van der Waals surface area (Å²) in [6, 6.07) is 12.2. The van der Waals surface area contributed by atoms with Crippen LogP contribution in [-0.2, 0) is 0 Å². The van der Waals surface area contributed by atoms with Gasteiger partial charge in [0.25, 0.3) is 5.91 Å². The van der Waals surface area contributed by atoms with Gasteiger partial charge in [-0.1, -0.05) is 23.7 Å². The first-order chi connectivity index (χ1) is 11.7. The largest absolute Gasteiger partial charge is 0.494 e. The molecule has 2 aromatic rings. The summed E-state index contributed by atoms with van der Waals surface area (Å²) < 4.78 is 11.0. The van der Waals surface area contributed by atoms with Crippen LogP contribution < -0.4 is 14.9 Å². The zero-order chi connectivity index (χ0) is 17.4. The summed E-state index contributed by atoms with van der Waals surface area (Å²) in [7, 11) is 0. The van der Waals surface area contributed by atoms with Gasteiger partial charge >= 0.3 is 0 Å². The van der Waals surface area contributed by atoms with Crippen LogP contribution in [0, 0.1) is 0 Å². The van der Waals surface area contributed by atoms with Crippen molar-refractivity contribution >= 4 is 23.7 Å². The molecule has 0 aliphatic rings. The standard InChI is InChI=1S/C18H19ClN2O3/c1-3-23-14-10-9-13(17(11-14)24-4-2)12-20-21-18(22)15-7-5-6-8-16(15)19/h5-12H,3-4H2,1-2H3,(H,21,22)/b20-12-. The first-order valence-electron chi connectivity index (χ1n) is 7.63. The SMILES string of the molecule is CCOc1ccc(/C=N\NC(=O)c2ccccc2Cl)c(OCC)c1. The van der Waals surface area contributed by atoms with Crippen LogP contribution in [0.15, 0.2) is 47.6 Å². The quantitative estimate of drug-likeness (QED) is 0.611. The molecule has 0 fully saturated rings. The average Bonchev–Trinajstić information content (AvgIpc) is 2.57. The Balaban J connectivity index is 2.10. The second kappa shape index (κ2) is 8.93. The van der Waals surface area contributed by atoms with Gasteiger partial charge in [0.1, 0.15) is 11.5 Å². The number of halogens is 1. The number of nitrogens with one attached hydrogen (secondary N) is 1. The maximum atomic E-state index is 12.0. The van der Waals surface area contributed by atoms with Crippen LogP contribution in [-0.4, -0.2) is 25.3 Å². The van der Waals surface area contributed by atoms with Gasteiger partial charge < -0.3 is 9.47 Å². The number of hydrogen-bond acceptors (Lipinski definition) is 4. The molecule has 0 aromatic heterocycles. The first kappa shape index (κ1) is 17.8. The van der Waals surface area contributed by atoms with Gasteiger partial charge in [-0.05, 0) is 38.1 Å². The molecule has 0 aliphatic carbocycles. The molecule has 6 heteroatoms. The molecule has 0 spiro atoms. The van der Waals surface area contributed by atoms with Gasteiger partial charge in [-0.2, -0.15) is 5.10 Å². The van der Waals surface area contributed by atoms with E-state index in [4.69, 9.17) is 21.1 Å². The lowest BCUT2D eigenvalue weighted by Crippen LogP contribution is -2.18. The average molecular weight is 347 g/mol. The van der Waals surface area contributed by atoms with Crippen LogP contribution in [0.25, 0.3) is 0 Å². The molecular formula is C18H19ClN2O3. The van der Waals surface area contributed by atoms with E-state index < -0.39 is 0 Å². The molecule has 0 saturated heterocycles. The molecule has 0 saturated carbocycles. The number of rotatable bonds is 7. The minimum absolute atomic E-state index is 0.369. The van der Waals surface area contributed by atoms with Crippen LogP contribution >= 0.6 is 11.6 Å². The zero-order valence-corrected chi connectivity index (χ0v) is 14.3. The Labute approximate surface area is 146 Å². The molecule has 0 bridgehead atoms. The Morgan fingerprint density at radius 3 is 2.62 bits per heavy atom. The molecule has 1 amide bonds. The summed E-state index contributed by atoms with van der Waals surface area (Å²) >= 11 is 5.98. The lowest BCUT2D eigenvalue weighted by molar-refractivity contribution is 0.0955. The van der Waals surface area contributed by atoms with Crippen LogP contribution in [0.4, 0.5) is 0 Å². The van der Waals surface area contributed by atoms with Crippen LogP contribution in [0.5, 0.6) is 11.5 Å². The van der Waals surface area contributed by atoms with Crippen molar-refractivity contribution in [3.8, 4) is 11.5 Å². The fraction of sp³-hybridized carbons (Fsp3) is 0.222. The Kier molecular flexibility index (Phi) is 6.63. The number of carbonyl (C=O) groups excluding carboxylic acids is 1. The van der Waals surface area contributed by atoms with Gasteiger partial charge in [-0.25, -0.2) is 5.43 Å². The second-order valence-corrected chi connectivity index (χ2v) is 5.15. The first-order valence-corrected chi connectivity index (χ1v) is 8.01. The van der Waals surface area contributed by atoms with Crippen molar-refractivity contribution in [3.05, 3.63) is 58.6 Å². The maximum Gasteiger partial charge on any atom is 0.272 e. The van der Waals surface area contributed by atoms with Crippen LogP contribution in [0.3, 0.4) is 0 Å². The third-order valence-corrected chi connectivity index (χ3v) is 3.41. The number of ether oxygens (including phenoxy) is 2. The molecule has 0 aliphatic heterocycles. The summed E-state index contributed by atoms with van der Waals surface area (Å²) in [5.74, 6) is 0.984.